The number of hydrogen-bond donors (Lipinski definition) is 0. The Morgan fingerprint density at radius 3 is 2.76 bits per heavy atom. The number of Topliss-reactive ketones (excluding diaryl/α,β-unsaturated/α-hetero) is 1. The Balaban J connectivity index is 1.61. The zero-order valence-corrected chi connectivity index (χ0v) is 12.0. The van der Waals surface area contributed by atoms with E-state index in [0.717, 1.165) is 10.9 Å². The van der Waals surface area contributed by atoms with Gasteiger partial charge in [-0.2, -0.15) is 0 Å². The number of fused-ring (bicyclic) bond motifs is 1. The second kappa shape index (κ2) is 6.12. The van der Waals surface area contributed by atoms with Gasteiger partial charge in [-0.1, -0.05) is 41.9 Å². The lowest BCUT2D eigenvalue weighted by Gasteiger charge is -2.03. The molecule has 1 heterocycles. The molecule has 3 rings (SSSR count). The van der Waals surface area contributed by atoms with E-state index in [9.17, 15) is 4.79 Å². The quantitative estimate of drug-likeness (QED) is 0.652. The normalized spacial score (nSPS) is 10.9. The van der Waals surface area contributed by atoms with Crippen molar-refractivity contribution in [3.05, 3.63) is 70.9 Å². The number of hydrogen-bond acceptors (Lipinski definition) is 3. The first kappa shape index (κ1) is 13.9. The van der Waals surface area contributed by atoms with Crippen LogP contribution >= 0.6 is 11.6 Å². The Morgan fingerprint density at radius 2 is 1.95 bits per heavy atom. The molecular formula is C17H13ClO3. The molecule has 0 atom stereocenters. The summed E-state index contributed by atoms with van der Waals surface area (Å²) in [6.07, 6.45) is 0. The fourth-order valence-corrected chi connectivity index (χ4v) is 2.29. The van der Waals surface area contributed by atoms with Gasteiger partial charge in [0, 0.05) is 10.4 Å². The average molecular weight is 301 g/mol. The second-order valence-corrected chi connectivity index (χ2v) is 5.13. The Hall–Kier alpha value is -2.10. The molecule has 0 saturated carbocycles. The van der Waals surface area contributed by atoms with Crippen LogP contribution in [0.3, 0.4) is 0 Å². The molecule has 0 radical (unpaired) electrons. The van der Waals surface area contributed by atoms with Crippen molar-refractivity contribution >= 4 is 28.4 Å². The minimum Gasteiger partial charge on any atom is -0.453 e. The highest BCUT2D eigenvalue weighted by molar-refractivity contribution is 6.30. The lowest BCUT2D eigenvalue weighted by molar-refractivity contribution is 0.0702. The first-order valence-corrected chi connectivity index (χ1v) is 6.94. The summed E-state index contributed by atoms with van der Waals surface area (Å²) in [5.41, 5.74) is 1.63. The molecule has 3 aromatic rings. The molecule has 3 nitrogen and oxygen atoms in total. The summed E-state index contributed by atoms with van der Waals surface area (Å²) in [5.74, 6) is 0.149. The molecule has 0 N–H and O–H groups in total. The van der Waals surface area contributed by atoms with Crippen molar-refractivity contribution < 1.29 is 13.9 Å². The maximum absolute atomic E-state index is 12.0. The minimum absolute atomic E-state index is 0.0215. The molecule has 21 heavy (non-hydrogen) atoms. The number of halogens is 1. The number of benzene rings is 2. The van der Waals surface area contributed by atoms with Gasteiger partial charge in [-0.25, -0.2) is 0 Å². The van der Waals surface area contributed by atoms with E-state index in [1.165, 1.54) is 0 Å². The van der Waals surface area contributed by atoms with Crippen LogP contribution in [0.2, 0.25) is 5.02 Å². The molecule has 0 spiro atoms. The molecule has 0 aliphatic rings. The summed E-state index contributed by atoms with van der Waals surface area (Å²) in [4.78, 5) is 12.0. The highest BCUT2D eigenvalue weighted by Crippen LogP contribution is 2.19. The molecule has 106 valence electrons. The number of ketones is 1. The van der Waals surface area contributed by atoms with E-state index < -0.39 is 0 Å². The van der Waals surface area contributed by atoms with Crippen molar-refractivity contribution in [1.82, 2.24) is 0 Å². The van der Waals surface area contributed by atoms with E-state index in [1.54, 1.807) is 12.1 Å². The number of ether oxygens (including phenoxy) is 1. The third kappa shape index (κ3) is 3.32. The number of carbonyl (C=O) groups is 1. The van der Waals surface area contributed by atoms with Gasteiger partial charge in [0.1, 0.15) is 12.2 Å². The van der Waals surface area contributed by atoms with Crippen molar-refractivity contribution in [3.8, 4) is 0 Å². The van der Waals surface area contributed by atoms with Crippen LogP contribution in [0.4, 0.5) is 0 Å². The van der Waals surface area contributed by atoms with Gasteiger partial charge in [-0.15, -0.1) is 0 Å². The lowest BCUT2D eigenvalue weighted by atomic mass is 10.2. The molecule has 1 aromatic heterocycles. The minimum atomic E-state index is -0.173. The topological polar surface area (TPSA) is 39.4 Å². The van der Waals surface area contributed by atoms with Crippen LogP contribution in [0.15, 0.2) is 59.0 Å². The van der Waals surface area contributed by atoms with Gasteiger partial charge in [0.25, 0.3) is 0 Å². The van der Waals surface area contributed by atoms with Gasteiger partial charge >= 0.3 is 0 Å². The molecule has 0 amide bonds. The Morgan fingerprint density at radius 1 is 1.10 bits per heavy atom. The van der Waals surface area contributed by atoms with E-state index in [1.807, 2.05) is 42.5 Å². The van der Waals surface area contributed by atoms with Gasteiger partial charge in [0.2, 0.25) is 5.78 Å². The highest BCUT2D eigenvalue weighted by atomic mass is 35.5. The van der Waals surface area contributed by atoms with Crippen molar-refractivity contribution in [2.75, 3.05) is 6.61 Å². The third-order valence-corrected chi connectivity index (χ3v) is 3.33. The zero-order valence-electron chi connectivity index (χ0n) is 11.2. The standard InChI is InChI=1S/C17H13ClO3/c18-14-6-3-4-12(8-14)10-20-11-15(19)17-9-13-5-1-2-7-16(13)21-17/h1-9H,10-11H2. The summed E-state index contributed by atoms with van der Waals surface area (Å²) < 4.78 is 10.9. The highest BCUT2D eigenvalue weighted by Gasteiger charge is 2.12. The van der Waals surface area contributed by atoms with E-state index in [2.05, 4.69) is 0 Å². The Kier molecular flexibility index (Phi) is 4.04. The van der Waals surface area contributed by atoms with Crippen LogP contribution in [0.5, 0.6) is 0 Å². The van der Waals surface area contributed by atoms with Crippen LogP contribution in [0, 0.1) is 0 Å². The first-order valence-electron chi connectivity index (χ1n) is 6.56. The van der Waals surface area contributed by atoms with Crippen LogP contribution in [0.1, 0.15) is 16.1 Å². The molecule has 0 aliphatic heterocycles. The number of para-hydroxylation sites is 1. The Bertz CT molecular complexity index is 743. The van der Waals surface area contributed by atoms with E-state index in [0.29, 0.717) is 23.0 Å². The predicted octanol–water partition coefficient (Wildman–Crippen LogP) is 4.49. The molecule has 0 aliphatic carbocycles. The summed E-state index contributed by atoms with van der Waals surface area (Å²) in [5, 5.41) is 1.57. The van der Waals surface area contributed by atoms with E-state index >= 15 is 0 Å². The van der Waals surface area contributed by atoms with Crippen LogP contribution in [-0.2, 0) is 11.3 Å². The number of carbonyl (C=O) groups excluding carboxylic acids is 1. The molecule has 4 heteroatoms. The molecule has 0 unspecified atom stereocenters. The van der Waals surface area contributed by atoms with Crippen LogP contribution < -0.4 is 0 Å². The fraction of sp³-hybridized carbons (Fsp3) is 0.118. The average Bonchev–Trinajstić information content (AvgIpc) is 2.91. The van der Waals surface area contributed by atoms with E-state index in [-0.39, 0.29) is 12.4 Å². The van der Waals surface area contributed by atoms with Gasteiger partial charge in [0.05, 0.1) is 6.61 Å². The van der Waals surface area contributed by atoms with Crippen molar-refractivity contribution in [2.45, 2.75) is 6.61 Å². The molecule has 0 bridgehead atoms. The third-order valence-electron chi connectivity index (χ3n) is 3.09. The van der Waals surface area contributed by atoms with E-state index in [4.69, 9.17) is 20.8 Å². The number of rotatable bonds is 5. The smallest absolute Gasteiger partial charge is 0.223 e. The summed E-state index contributed by atoms with van der Waals surface area (Å²) in [7, 11) is 0. The lowest BCUT2D eigenvalue weighted by Crippen LogP contribution is -2.08. The zero-order chi connectivity index (χ0) is 14.7. The van der Waals surface area contributed by atoms with Crippen LogP contribution in [-0.4, -0.2) is 12.4 Å². The molecular weight excluding hydrogens is 288 g/mol. The summed E-state index contributed by atoms with van der Waals surface area (Å²) in [6.45, 7) is 0.318. The molecule has 0 saturated heterocycles. The second-order valence-electron chi connectivity index (χ2n) is 4.69. The van der Waals surface area contributed by atoms with Crippen LogP contribution in [0.25, 0.3) is 11.0 Å². The van der Waals surface area contributed by atoms with Crippen molar-refractivity contribution in [2.24, 2.45) is 0 Å². The largest absolute Gasteiger partial charge is 0.453 e. The monoisotopic (exact) mass is 300 g/mol. The van der Waals surface area contributed by atoms with Gasteiger partial charge in [-0.05, 0) is 29.8 Å². The maximum Gasteiger partial charge on any atom is 0.223 e. The molecule has 0 fully saturated rings. The van der Waals surface area contributed by atoms with Gasteiger partial charge < -0.3 is 9.15 Å². The van der Waals surface area contributed by atoms with Crippen molar-refractivity contribution in [1.29, 1.82) is 0 Å². The summed E-state index contributed by atoms with van der Waals surface area (Å²) >= 11 is 5.89. The maximum atomic E-state index is 12.0. The van der Waals surface area contributed by atoms with Gasteiger partial charge in [0.15, 0.2) is 5.76 Å². The SMILES string of the molecule is O=C(COCc1cccc(Cl)c1)c1cc2ccccc2o1. The first-order chi connectivity index (χ1) is 10.2. The molecule has 2 aromatic carbocycles. The fourth-order valence-electron chi connectivity index (χ4n) is 2.08. The summed E-state index contributed by atoms with van der Waals surface area (Å²) in [6, 6.07) is 16.6. The Labute approximate surface area is 127 Å². The van der Waals surface area contributed by atoms with Gasteiger partial charge in [-0.3, -0.25) is 4.79 Å². The predicted molar refractivity (Wildman–Crippen MR) is 81.7 cm³/mol. The number of furan rings is 1. The van der Waals surface area contributed by atoms with Crippen molar-refractivity contribution in [3.63, 3.8) is 0 Å².